The minimum absolute atomic E-state index is 0.0787. The summed E-state index contributed by atoms with van der Waals surface area (Å²) in [6.07, 6.45) is 1.71. The molecular formula is C16H25NO4. The van der Waals surface area contributed by atoms with E-state index in [1.165, 1.54) is 0 Å². The summed E-state index contributed by atoms with van der Waals surface area (Å²) < 4.78 is 11.1. The normalized spacial score (nSPS) is 11.0. The zero-order chi connectivity index (χ0) is 15.8. The number of hydrogen-bond donors (Lipinski definition) is 0. The molecule has 0 aliphatic heterocycles. The van der Waals surface area contributed by atoms with Crippen LogP contribution < -0.4 is 9.47 Å². The van der Waals surface area contributed by atoms with Crippen LogP contribution >= 0.6 is 0 Å². The second kappa shape index (κ2) is 8.49. The number of nitro benzene ring substituents is 1. The molecule has 5 nitrogen and oxygen atoms in total. The van der Waals surface area contributed by atoms with Gasteiger partial charge in [-0.25, -0.2) is 0 Å². The number of nitro groups is 1. The van der Waals surface area contributed by atoms with Crippen LogP contribution in [0.25, 0.3) is 0 Å². The molecule has 0 spiro atoms. The average molecular weight is 295 g/mol. The summed E-state index contributed by atoms with van der Waals surface area (Å²) in [5.41, 5.74) is -0.0787. The van der Waals surface area contributed by atoms with Crippen LogP contribution in [0.2, 0.25) is 0 Å². The second-order valence-corrected chi connectivity index (χ2v) is 5.92. The monoisotopic (exact) mass is 295 g/mol. The lowest BCUT2D eigenvalue weighted by Gasteiger charge is -2.12. The molecule has 0 bridgehead atoms. The predicted molar refractivity (Wildman–Crippen MR) is 83.0 cm³/mol. The van der Waals surface area contributed by atoms with Crippen molar-refractivity contribution in [3.8, 4) is 11.5 Å². The summed E-state index contributed by atoms with van der Waals surface area (Å²) >= 11 is 0. The van der Waals surface area contributed by atoms with Crippen molar-refractivity contribution in [2.75, 3.05) is 13.2 Å². The molecule has 0 aliphatic rings. The molecule has 0 saturated carbocycles. The maximum Gasteiger partial charge on any atom is 0.352 e. The first-order chi connectivity index (χ1) is 9.91. The molecule has 5 heteroatoms. The van der Waals surface area contributed by atoms with E-state index in [9.17, 15) is 10.1 Å². The smallest absolute Gasteiger partial charge is 0.352 e. The van der Waals surface area contributed by atoms with Crippen LogP contribution in [0.5, 0.6) is 11.5 Å². The third-order valence-corrected chi connectivity index (χ3v) is 3.05. The van der Waals surface area contributed by atoms with Crippen molar-refractivity contribution >= 4 is 5.69 Å². The topological polar surface area (TPSA) is 61.6 Å². The van der Waals surface area contributed by atoms with Gasteiger partial charge in [-0.15, -0.1) is 0 Å². The number of para-hydroxylation sites is 1. The highest BCUT2D eigenvalue weighted by Gasteiger charge is 2.22. The summed E-state index contributed by atoms with van der Waals surface area (Å²) in [7, 11) is 0. The molecule has 1 aromatic carbocycles. The fraction of sp³-hybridized carbons (Fsp3) is 0.625. The molecule has 0 aliphatic carbocycles. The van der Waals surface area contributed by atoms with Crippen molar-refractivity contribution in [1.29, 1.82) is 0 Å². The van der Waals surface area contributed by atoms with E-state index in [4.69, 9.17) is 9.47 Å². The van der Waals surface area contributed by atoms with E-state index in [-0.39, 0.29) is 17.2 Å². The Morgan fingerprint density at radius 3 is 1.76 bits per heavy atom. The van der Waals surface area contributed by atoms with Crippen molar-refractivity contribution < 1.29 is 14.4 Å². The SMILES string of the molecule is CC(C)CCOc1cccc(OCCC(C)C)c1[N+](=O)[O-]. The lowest BCUT2D eigenvalue weighted by Crippen LogP contribution is -2.06. The molecule has 1 rings (SSSR count). The van der Waals surface area contributed by atoms with Crippen LogP contribution in [0.3, 0.4) is 0 Å². The Balaban J connectivity index is 2.80. The van der Waals surface area contributed by atoms with Gasteiger partial charge in [0.15, 0.2) is 0 Å². The van der Waals surface area contributed by atoms with Crippen LogP contribution in [-0.4, -0.2) is 18.1 Å². The van der Waals surface area contributed by atoms with E-state index in [1.54, 1.807) is 18.2 Å². The Hall–Kier alpha value is -1.78. The van der Waals surface area contributed by atoms with Gasteiger partial charge in [0.25, 0.3) is 0 Å². The molecule has 0 atom stereocenters. The Kier molecular flexibility index (Phi) is 6.99. The molecular weight excluding hydrogens is 270 g/mol. The zero-order valence-electron chi connectivity index (χ0n) is 13.3. The van der Waals surface area contributed by atoms with Gasteiger partial charge >= 0.3 is 5.69 Å². The number of rotatable bonds is 9. The quantitative estimate of drug-likeness (QED) is 0.499. The predicted octanol–water partition coefficient (Wildman–Crippen LogP) is 4.44. The molecule has 0 N–H and O–H groups in total. The Bertz CT molecular complexity index is 425. The van der Waals surface area contributed by atoms with Crippen molar-refractivity contribution in [2.24, 2.45) is 11.8 Å². The minimum Gasteiger partial charge on any atom is -0.487 e. The maximum absolute atomic E-state index is 11.3. The van der Waals surface area contributed by atoms with Gasteiger partial charge in [0.05, 0.1) is 18.1 Å². The van der Waals surface area contributed by atoms with Gasteiger partial charge in [-0.3, -0.25) is 10.1 Å². The molecule has 0 fully saturated rings. The first-order valence-electron chi connectivity index (χ1n) is 7.44. The second-order valence-electron chi connectivity index (χ2n) is 5.92. The van der Waals surface area contributed by atoms with Crippen LogP contribution in [0.4, 0.5) is 5.69 Å². The van der Waals surface area contributed by atoms with Gasteiger partial charge in [-0.1, -0.05) is 33.8 Å². The highest BCUT2D eigenvalue weighted by Crippen LogP contribution is 2.36. The van der Waals surface area contributed by atoms with Crippen LogP contribution in [0.1, 0.15) is 40.5 Å². The van der Waals surface area contributed by atoms with E-state index in [1.807, 2.05) is 0 Å². The zero-order valence-corrected chi connectivity index (χ0v) is 13.3. The van der Waals surface area contributed by atoms with E-state index in [2.05, 4.69) is 27.7 Å². The summed E-state index contributed by atoms with van der Waals surface area (Å²) in [4.78, 5) is 10.8. The van der Waals surface area contributed by atoms with Crippen molar-refractivity contribution in [2.45, 2.75) is 40.5 Å². The van der Waals surface area contributed by atoms with Crippen molar-refractivity contribution in [3.05, 3.63) is 28.3 Å². The molecule has 0 unspecified atom stereocenters. The third-order valence-electron chi connectivity index (χ3n) is 3.05. The van der Waals surface area contributed by atoms with E-state index in [0.717, 1.165) is 12.8 Å². The summed E-state index contributed by atoms with van der Waals surface area (Å²) in [5, 5.41) is 11.3. The molecule has 0 heterocycles. The van der Waals surface area contributed by atoms with E-state index in [0.29, 0.717) is 25.0 Å². The maximum atomic E-state index is 11.3. The molecule has 21 heavy (non-hydrogen) atoms. The molecule has 0 aromatic heterocycles. The fourth-order valence-corrected chi connectivity index (χ4v) is 1.72. The fourth-order valence-electron chi connectivity index (χ4n) is 1.72. The summed E-state index contributed by atoms with van der Waals surface area (Å²) in [5.74, 6) is 1.55. The third kappa shape index (κ3) is 6.02. The molecule has 0 saturated heterocycles. The number of ether oxygens (including phenoxy) is 2. The van der Waals surface area contributed by atoms with Gasteiger partial charge in [0.2, 0.25) is 11.5 Å². The highest BCUT2D eigenvalue weighted by atomic mass is 16.6. The highest BCUT2D eigenvalue weighted by molar-refractivity contribution is 5.57. The number of benzene rings is 1. The van der Waals surface area contributed by atoms with Gasteiger partial charge in [-0.2, -0.15) is 0 Å². The van der Waals surface area contributed by atoms with Crippen molar-refractivity contribution in [1.82, 2.24) is 0 Å². The lowest BCUT2D eigenvalue weighted by molar-refractivity contribution is -0.386. The van der Waals surface area contributed by atoms with E-state index >= 15 is 0 Å². The average Bonchev–Trinajstić information content (AvgIpc) is 2.37. The molecule has 0 radical (unpaired) electrons. The minimum atomic E-state index is -0.435. The van der Waals surface area contributed by atoms with Gasteiger partial charge in [0, 0.05) is 0 Å². The number of nitrogens with zero attached hydrogens (tertiary/aromatic N) is 1. The van der Waals surface area contributed by atoms with Gasteiger partial charge in [-0.05, 0) is 36.8 Å². The number of hydrogen-bond acceptors (Lipinski definition) is 4. The first-order valence-corrected chi connectivity index (χ1v) is 7.44. The molecule has 118 valence electrons. The first kappa shape index (κ1) is 17.3. The van der Waals surface area contributed by atoms with Crippen LogP contribution in [0.15, 0.2) is 18.2 Å². The Morgan fingerprint density at radius 2 is 1.43 bits per heavy atom. The van der Waals surface area contributed by atoms with E-state index < -0.39 is 4.92 Å². The molecule has 0 amide bonds. The largest absolute Gasteiger partial charge is 0.487 e. The van der Waals surface area contributed by atoms with Crippen LogP contribution in [0, 0.1) is 22.0 Å². The van der Waals surface area contributed by atoms with Crippen molar-refractivity contribution in [3.63, 3.8) is 0 Å². The van der Waals surface area contributed by atoms with Gasteiger partial charge in [0.1, 0.15) is 0 Å². The van der Waals surface area contributed by atoms with Gasteiger partial charge < -0.3 is 9.47 Å². The molecule has 1 aromatic rings. The standard InChI is InChI=1S/C16H25NO4/c1-12(2)8-10-20-14-6-5-7-15(16(14)17(18)19)21-11-9-13(3)4/h5-7,12-13H,8-11H2,1-4H3. The summed E-state index contributed by atoms with van der Waals surface area (Å²) in [6.45, 7) is 9.28. The Labute approximate surface area is 126 Å². The lowest BCUT2D eigenvalue weighted by atomic mass is 10.1. The Morgan fingerprint density at radius 1 is 1.00 bits per heavy atom. The summed E-state index contributed by atoms with van der Waals surface area (Å²) in [6, 6.07) is 4.96. The van der Waals surface area contributed by atoms with Crippen LogP contribution in [-0.2, 0) is 0 Å².